The van der Waals surface area contributed by atoms with E-state index in [-0.39, 0.29) is 28.3 Å². The predicted molar refractivity (Wildman–Crippen MR) is 119 cm³/mol. The number of aromatic amines is 1. The second kappa shape index (κ2) is 6.69. The van der Waals surface area contributed by atoms with Gasteiger partial charge in [-0.05, 0) is 67.9 Å². The van der Waals surface area contributed by atoms with E-state index in [2.05, 4.69) is 25.8 Å². The van der Waals surface area contributed by atoms with Crippen molar-refractivity contribution in [3.8, 4) is 11.6 Å². The van der Waals surface area contributed by atoms with Crippen LogP contribution >= 0.6 is 0 Å². The van der Waals surface area contributed by atoms with E-state index in [1.54, 1.807) is 0 Å². The van der Waals surface area contributed by atoms with E-state index in [4.69, 9.17) is 4.99 Å². The quantitative estimate of drug-likeness (QED) is 0.756. The number of rotatable bonds is 3. The molecule has 6 nitrogen and oxygen atoms in total. The average Bonchev–Trinajstić information content (AvgIpc) is 2.96. The molecular formula is C24H31N3O3. The van der Waals surface area contributed by atoms with Crippen LogP contribution in [0, 0.1) is 37.5 Å². The molecule has 30 heavy (non-hydrogen) atoms. The molecule has 1 aromatic carbocycles. The smallest absolute Gasteiger partial charge is 0.335 e. The number of hydrogen-bond donors (Lipinski definition) is 2. The number of nitrogens with one attached hydrogen (secondary N) is 1. The lowest BCUT2D eigenvalue weighted by Crippen LogP contribution is -2.35. The summed E-state index contributed by atoms with van der Waals surface area (Å²) in [5.74, 6) is 0.262. The maximum absolute atomic E-state index is 12.6. The van der Waals surface area contributed by atoms with Crippen molar-refractivity contribution in [1.29, 1.82) is 0 Å². The Morgan fingerprint density at radius 2 is 1.80 bits per heavy atom. The predicted octanol–water partition coefficient (Wildman–Crippen LogP) is 3.79. The molecule has 0 saturated heterocycles. The first-order chi connectivity index (χ1) is 14.0. The Kier molecular flexibility index (Phi) is 4.60. The Balaban J connectivity index is 1.80. The molecular weight excluding hydrogens is 378 g/mol. The monoisotopic (exact) mass is 409 g/mol. The summed E-state index contributed by atoms with van der Waals surface area (Å²) in [7, 11) is 0. The van der Waals surface area contributed by atoms with Crippen LogP contribution in [0.2, 0.25) is 0 Å². The summed E-state index contributed by atoms with van der Waals surface area (Å²) in [6, 6.07) is 4.00. The number of benzene rings is 1. The normalized spacial score (nSPS) is 27.3. The van der Waals surface area contributed by atoms with Crippen LogP contribution in [0.25, 0.3) is 5.69 Å². The third-order valence-corrected chi connectivity index (χ3v) is 8.11. The lowest BCUT2D eigenvalue weighted by Gasteiger charge is -2.37. The molecule has 2 aromatic rings. The lowest BCUT2D eigenvalue weighted by molar-refractivity contribution is 0.137. The summed E-state index contributed by atoms with van der Waals surface area (Å²) in [4.78, 5) is 32.2. The van der Waals surface area contributed by atoms with E-state index in [1.807, 2.05) is 32.9 Å². The molecule has 2 saturated carbocycles. The van der Waals surface area contributed by atoms with Crippen LogP contribution in [-0.4, -0.2) is 26.9 Å². The van der Waals surface area contributed by atoms with Crippen LogP contribution in [0.1, 0.15) is 62.3 Å². The molecule has 0 unspecified atom stereocenters. The molecule has 0 amide bonds. The third kappa shape index (κ3) is 2.80. The molecule has 0 spiro atoms. The summed E-state index contributed by atoms with van der Waals surface area (Å²) in [5, 5.41) is 10.9. The minimum atomic E-state index is -0.655. The fourth-order valence-electron chi connectivity index (χ4n) is 5.94. The number of aromatic hydroxyl groups is 1. The van der Waals surface area contributed by atoms with Gasteiger partial charge in [-0.15, -0.1) is 0 Å². The van der Waals surface area contributed by atoms with E-state index in [9.17, 15) is 14.7 Å². The molecule has 2 aliphatic carbocycles. The van der Waals surface area contributed by atoms with E-state index in [1.165, 1.54) is 17.2 Å². The van der Waals surface area contributed by atoms with Gasteiger partial charge < -0.3 is 5.11 Å². The van der Waals surface area contributed by atoms with Crippen molar-refractivity contribution < 1.29 is 5.11 Å². The van der Waals surface area contributed by atoms with Crippen molar-refractivity contribution in [1.82, 2.24) is 9.55 Å². The maximum atomic E-state index is 12.6. The maximum Gasteiger partial charge on any atom is 0.335 e. The molecule has 0 radical (unpaired) electrons. The fourth-order valence-corrected chi connectivity index (χ4v) is 5.94. The largest absolute Gasteiger partial charge is 0.493 e. The Morgan fingerprint density at radius 1 is 1.17 bits per heavy atom. The first-order valence-electron chi connectivity index (χ1n) is 10.7. The summed E-state index contributed by atoms with van der Waals surface area (Å²) < 4.78 is 1.18. The van der Waals surface area contributed by atoms with E-state index in [0.717, 1.165) is 29.5 Å². The fraction of sp³-hybridized carbons (Fsp3) is 0.542. The molecule has 2 bridgehead atoms. The van der Waals surface area contributed by atoms with Crippen molar-refractivity contribution in [2.24, 2.45) is 21.7 Å². The average molecular weight is 410 g/mol. The third-order valence-electron chi connectivity index (χ3n) is 8.11. The second-order valence-electron chi connectivity index (χ2n) is 9.98. The molecule has 3 atom stereocenters. The minimum absolute atomic E-state index is 0.0261. The van der Waals surface area contributed by atoms with Gasteiger partial charge in [0.15, 0.2) is 0 Å². The van der Waals surface area contributed by atoms with Gasteiger partial charge in [-0.2, -0.15) is 0 Å². The minimum Gasteiger partial charge on any atom is -0.493 e. The topological polar surface area (TPSA) is 87.4 Å². The lowest BCUT2D eigenvalue weighted by atomic mass is 9.69. The Hall–Kier alpha value is -2.63. The highest BCUT2D eigenvalue weighted by molar-refractivity contribution is 5.82. The molecule has 4 rings (SSSR count). The molecule has 2 N–H and O–H groups in total. The van der Waals surface area contributed by atoms with Gasteiger partial charge in [0.2, 0.25) is 5.88 Å². The van der Waals surface area contributed by atoms with Gasteiger partial charge in [-0.1, -0.05) is 38.5 Å². The highest BCUT2D eigenvalue weighted by Gasteiger charge is 2.61. The zero-order valence-electron chi connectivity index (χ0n) is 18.7. The van der Waals surface area contributed by atoms with Gasteiger partial charge in [0.1, 0.15) is 5.56 Å². The van der Waals surface area contributed by atoms with Gasteiger partial charge in [0, 0.05) is 6.21 Å². The van der Waals surface area contributed by atoms with E-state index < -0.39 is 11.2 Å². The van der Waals surface area contributed by atoms with Crippen LogP contribution in [0.3, 0.4) is 0 Å². The zero-order valence-corrected chi connectivity index (χ0v) is 18.7. The summed E-state index contributed by atoms with van der Waals surface area (Å²) in [5.41, 5.74) is 2.39. The number of H-pyrrole nitrogens is 1. The Labute approximate surface area is 176 Å². The van der Waals surface area contributed by atoms with Crippen LogP contribution in [0.4, 0.5) is 0 Å². The van der Waals surface area contributed by atoms with Crippen LogP contribution in [0.5, 0.6) is 5.88 Å². The van der Waals surface area contributed by atoms with Crippen molar-refractivity contribution in [2.75, 3.05) is 0 Å². The van der Waals surface area contributed by atoms with Gasteiger partial charge in [-0.3, -0.25) is 14.8 Å². The van der Waals surface area contributed by atoms with Crippen molar-refractivity contribution in [3.05, 3.63) is 55.2 Å². The van der Waals surface area contributed by atoms with Crippen LogP contribution in [0.15, 0.2) is 26.7 Å². The number of aliphatic imine (C=N–C) groups is 1. The summed E-state index contributed by atoms with van der Waals surface area (Å²) in [6.45, 7) is 12.7. The van der Waals surface area contributed by atoms with Gasteiger partial charge in [0.05, 0.1) is 11.7 Å². The van der Waals surface area contributed by atoms with Crippen molar-refractivity contribution >= 4 is 6.21 Å². The number of hydrogen-bond acceptors (Lipinski definition) is 4. The Bertz CT molecular complexity index is 1150. The van der Waals surface area contributed by atoms with Gasteiger partial charge in [-0.25, -0.2) is 9.36 Å². The second-order valence-corrected chi connectivity index (χ2v) is 9.98. The van der Waals surface area contributed by atoms with E-state index in [0.29, 0.717) is 11.6 Å². The van der Waals surface area contributed by atoms with Gasteiger partial charge in [0.25, 0.3) is 5.56 Å². The SMILES string of the molecule is Cc1cc(C)c(-n2c(O)c(C=N[C@H]3C[C@@H]4CC[C@]3(C)C4(C)C)c(=O)[nH]c2=O)c(C)c1. The summed E-state index contributed by atoms with van der Waals surface area (Å²) >= 11 is 0. The number of aromatic nitrogens is 2. The molecule has 1 aromatic heterocycles. The number of nitrogens with zero attached hydrogens (tertiary/aromatic N) is 2. The summed E-state index contributed by atoms with van der Waals surface area (Å²) in [6.07, 6.45) is 4.80. The van der Waals surface area contributed by atoms with Crippen LogP contribution in [-0.2, 0) is 0 Å². The standard InChI is InChI=1S/C24H31N3O3/c1-13-9-14(2)19(15(3)10-13)27-21(29)17(20(28)26-22(27)30)12-25-18-11-16-7-8-24(18,6)23(16,4)5/h9-10,12,16,18,29H,7-8,11H2,1-6H3,(H,26,28,30)/t16-,18-,24-/m0/s1. The number of aryl methyl sites for hydroxylation is 3. The highest BCUT2D eigenvalue weighted by Crippen LogP contribution is 2.66. The first kappa shape index (κ1) is 20.6. The first-order valence-corrected chi connectivity index (χ1v) is 10.7. The Morgan fingerprint density at radius 3 is 2.33 bits per heavy atom. The van der Waals surface area contributed by atoms with Crippen molar-refractivity contribution in [3.63, 3.8) is 0 Å². The number of fused-ring (bicyclic) bond motifs is 2. The van der Waals surface area contributed by atoms with Crippen LogP contribution < -0.4 is 11.2 Å². The molecule has 6 heteroatoms. The van der Waals surface area contributed by atoms with E-state index >= 15 is 0 Å². The molecule has 2 fully saturated rings. The highest BCUT2D eigenvalue weighted by atomic mass is 16.3. The molecule has 1 heterocycles. The van der Waals surface area contributed by atoms with Gasteiger partial charge >= 0.3 is 5.69 Å². The molecule has 2 aliphatic rings. The molecule has 160 valence electrons. The zero-order chi connectivity index (χ0) is 22.0. The molecule has 0 aliphatic heterocycles. The van der Waals surface area contributed by atoms with Crippen molar-refractivity contribution in [2.45, 2.75) is 66.8 Å².